The van der Waals surface area contributed by atoms with Crippen molar-refractivity contribution in [1.29, 1.82) is 0 Å². The minimum absolute atomic E-state index is 0. The second-order valence-corrected chi connectivity index (χ2v) is 0. The van der Waals surface area contributed by atoms with Crippen molar-refractivity contribution in [2.24, 2.45) is 0 Å². The average Bonchev–Trinajstić information content (AvgIpc) is 0. The van der Waals surface area contributed by atoms with Crippen LogP contribution in [0, 0.1) is 0 Å². The molecular weight excluding hydrogens is 277 g/mol. The predicted octanol–water partition coefficient (Wildman–Crippen LogP) is -0.277. The van der Waals surface area contributed by atoms with Crippen LogP contribution >= 0.6 is 0 Å². The van der Waals surface area contributed by atoms with Crippen LogP contribution in [0.2, 0.25) is 0 Å². The first-order chi connectivity index (χ1) is 0. The molecular formula is HS3Ta. The van der Waals surface area contributed by atoms with Crippen LogP contribution in [-0.4, -0.2) is 0 Å². The van der Waals surface area contributed by atoms with E-state index in [1.807, 2.05) is 0 Å². The topological polar surface area (TPSA) is 0 Å². The van der Waals surface area contributed by atoms with Crippen LogP contribution in [0.25, 0.3) is 0 Å². The maximum Gasteiger partial charge on any atom is 5.00 e. The molecule has 0 radical (unpaired) electrons. The Balaban J connectivity index is 0. The van der Waals surface area contributed by atoms with Gasteiger partial charge in [0.2, 0.25) is 0 Å². The van der Waals surface area contributed by atoms with E-state index in [1.165, 1.54) is 0 Å². The van der Waals surface area contributed by atoms with E-state index < -0.39 is 0 Å². The van der Waals surface area contributed by atoms with Crippen molar-refractivity contribution in [2.75, 3.05) is 0 Å². The summed E-state index contributed by atoms with van der Waals surface area (Å²) in [6, 6.07) is 0. The van der Waals surface area contributed by atoms with Gasteiger partial charge in [-0.15, -0.1) is 0 Å². The van der Waals surface area contributed by atoms with E-state index in [4.69, 9.17) is 0 Å². The van der Waals surface area contributed by atoms with Crippen LogP contribution in [0.3, 0.4) is 0 Å². The predicted molar refractivity (Wildman–Crippen MR) is 23.5 cm³/mol. The van der Waals surface area contributed by atoms with Gasteiger partial charge in [-0.3, -0.25) is 0 Å². The van der Waals surface area contributed by atoms with Gasteiger partial charge in [-0.1, -0.05) is 0 Å². The van der Waals surface area contributed by atoms with E-state index >= 15 is 0 Å². The Morgan fingerprint density at radius 2 is 0.750 bits per heavy atom. The molecule has 4 heteroatoms. The number of rotatable bonds is 0. The normalized spacial score (nSPS) is 0. The summed E-state index contributed by atoms with van der Waals surface area (Å²) in [5.74, 6) is 0. The van der Waals surface area contributed by atoms with E-state index in [2.05, 4.69) is 0 Å². The fourth-order valence-electron chi connectivity index (χ4n) is 0. The van der Waals surface area contributed by atoms with Crippen LogP contribution in [-0.2, 0) is 62.9 Å². The van der Waals surface area contributed by atoms with Gasteiger partial charge in [0.05, 0.1) is 0 Å². The quantitative estimate of drug-likeness (QED) is 0.434. The van der Waals surface area contributed by atoms with Crippen LogP contribution < -0.4 is 0 Å². The smallest absolute Gasteiger partial charge is 2.00 e. The molecule has 0 saturated heterocycles. The van der Waals surface area contributed by atoms with Gasteiger partial charge in [0.1, 0.15) is 0 Å². The number of hydrogen-bond donors (Lipinski definition) is 0. The summed E-state index contributed by atoms with van der Waals surface area (Å²) in [4.78, 5) is 0. The summed E-state index contributed by atoms with van der Waals surface area (Å²) in [7, 11) is 0. The Kier molecular flexibility index (Phi) is 223. The van der Waals surface area contributed by atoms with Crippen LogP contribution in [0.1, 0.15) is 0 Å². The molecule has 0 aliphatic rings. The van der Waals surface area contributed by atoms with Gasteiger partial charge >= 0.3 is 22.4 Å². The van der Waals surface area contributed by atoms with Crippen molar-refractivity contribution < 1.29 is 22.4 Å². The molecule has 0 heterocycles. The second-order valence-electron chi connectivity index (χ2n) is 0. The van der Waals surface area contributed by atoms with Crippen LogP contribution in [0.15, 0.2) is 0 Å². The third kappa shape index (κ3) is 9.21. The van der Waals surface area contributed by atoms with Gasteiger partial charge in [-0.05, 0) is 0 Å². The van der Waals surface area contributed by atoms with Crippen molar-refractivity contribution in [3.05, 3.63) is 0 Å². The molecule has 0 aromatic heterocycles. The van der Waals surface area contributed by atoms with Gasteiger partial charge in [0.15, 0.2) is 0 Å². The number of thiol groups is 1. The molecule has 24 valence electrons. The van der Waals surface area contributed by atoms with Crippen molar-refractivity contribution in [1.82, 2.24) is 0 Å². The number of hydrogen-bond acceptors (Lipinski definition) is 1. The molecule has 0 bridgehead atoms. The third-order valence-corrected chi connectivity index (χ3v) is 0. The molecule has 0 spiro atoms. The molecule has 0 nitrogen and oxygen atoms in total. The Hall–Kier alpha value is 1.79. The van der Waals surface area contributed by atoms with Gasteiger partial charge in [0.25, 0.3) is 0 Å². The largest absolute Gasteiger partial charge is 5.00 e. The van der Waals surface area contributed by atoms with Crippen molar-refractivity contribution in [3.8, 4) is 0 Å². The van der Waals surface area contributed by atoms with E-state index in [1.54, 1.807) is 0 Å². The van der Waals surface area contributed by atoms with Crippen LogP contribution in [0.4, 0.5) is 0 Å². The fraction of sp³-hybridized carbons (Fsp3) is 0. The standard InChI is InChI=1S/H2S.2S.Ta/h1H2;;;/q;2*-2;+5/p-1. The summed E-state index contributed by atoms with van der Waals surface area (Å²) in [5.41, 5.74) is 0. The SMILES string of the molecule is [S-2].[S-2].[SH-].[Ta+5]. The maximum absolute atomic E-state index is 0. The average molecular weight is 278 g/mol. The Morgan fingerprint density at radius 1 is 0.750 bits per heavy atom. The molecule has 0 fully saturated rings. The zero-order chi connectivity index (χ0) is 0. The first kappa shape index (κ1) is 41.5. The summed E-state index contributed by atoms with van der Waals surface area (Å²) in [6.07, 6.45) is 0. The molecule has 0 rings (SSSR count). The molecule has 0 aromatic rings. The minimum atomic E-state index is 0. The molecule has 0 N–H and O–H groups in total. The zero-order valence-electron chi connectivity index (χ0n) is 1.71. The monoisotopic (exact) mass is 278 g/mol. The molecule has 0 aromatic carbocycles. The molecule has 0 unspecified atom stereocenters. The molecule has 0 aliphatic carbocycles. The summed E-state index contributed by atoms with van der Waals surface area (Å²) < 4.78 is 0. The fourth-order valence-corrected chi connectivity index (χ4v) is 0. The van der Waals surface area contributed by atoms with Gasteiger partial charge in [-0.25, -0.2) is 0 Å². The van der Waals surface area contributed by atoms with E-state index in [0.29, 0.717) is 0 Å². The van der Waals surface area contributed by atoms with Crippen molar-refractivity contribution in [3.63, 3.8) is 0 Å². The second kappa shape index (κ2) is 21.5. The van der Waals surface area contributed by atoms with Crippen LogP contribution in [0.5, 0.6) is 0 Å². The molecule has 0 atom stereocenters. The Bertz CT molecular complexity index is 3.25. The molecule has 0 saturated carbocycles. The van der Waals surface area contributed by atoms with Crippen molar-refractivity contribution in [2.45, 2.75) is 0 Å². The first-order valence-electron chi connectivity index (χ1n) is 0. The van der Waals surface area contributed by atoms with Crippen molar-refractivity contribution >= 4 is 40.5 Å². The van der Waals surface area contributed by atoms with Gasteiger partial charge < -0.3 is 40.5 Å². The maximum atomic E-state index is 0. The van der Waals surface area contributed by atoms with E-state index in [9.17, 15) is 0 Å². The summed E-state index contributed by atoms with van der Waals surface area (Å²) in [5, 5.41) is 0. The van der Waals surface area contributed by atoms with E-state index in [0.717, 1.165) is 0 Å². The zero-order valence-corrected chi connectivity index (χ0v) is 7.45. The Morgan fingerprint density at radius 3 is 0.750 bits per heavy atom. The Labute approximate surface area is 62.6 Å². The molecule has 0 aliphatic heterocycles. The molecule has 4 heavy (non-hydrogen) atoms. The molecule has 0 amide bonds. The van der Waals surface area contributed by atoms with E-state index in [-0.39, 0.29) is 62.9 Å². The summed E-state index contributed by atoms with van der Waals surface area (Å²) >= 11 is 0. The first-order valence-corrected chi connectivity index (χ1v) is 0. The minimum Gasteiger partial charge on any atom is -2.00 e. The van der Waals surface area contributed by atoms with Gasteiger partial charge in [-0.2, -0.15) is 0 Å². The summed E-state index contributed by atoms with van der Waals surface area (Å²) in [6.45, 7) is 0. The third-order valence-electron chi connectivity index (χ3n) is 0. The van der Waals surface area contributed by atoms with Gasteiger partial charge in [0, 0.05) is 0 Å².